The molecule has 0 N–H and O–H groups in total. The smallest absolute Gasteiger partial charge is 0.146 e. The molecule has 1 fully saturated rings. The topological polar surface area (TPSA) is 34.0 Å². The number of rotatable bonds is 2. The van der Waals surface area contributed by atoms with Gasteiger partial charge in [-0.05, 0) is 39.8 Å². The zero-order chi connectivity index (χ0) is 13.4. The molecular formula is C13H18N4P2. The Kier molecular flexibility index (Phi) is 3.66. The second-order valence-corrected chi connectivity index (χ2v) is 6.33. The van der Waals surface area contributed by atoms with Crippen molar-refractivity contribution in [3.63, 3.8) is 0 Å². The number of fused-ring (bicyclic) bond motifs is 1. The van der Waals surface area contributed by atoms with Gasteiger partial charge in [-0.15, -0.1) is 0 Å². The van der Waals surface area contributed by atoms with Crippen LogP contribution in [0.15, 0.2) is 25.2 Å². The second-order valence-electron chi connectivity index (χ2n) is 5.04. The predicted octanol–water partition coefficient (Wildman–Crippen LogP) is 2.58. The van der Waals surface area contributed by atoms with E-state index in [1.165, 1.54) is 12.8 Å². The highest BCUT2D eigenvalue weighted by Gasteiger charge is 2.23. The summed E-state index contributed by atoms with van der Waals surface area (Å²) in [6, 6.07) is 2.06. The molecule has 4 nitrogen and oxygen atoms in total. The Morgan fingerprint density at radius 3 is 3.00 bits per heavy atom. The van der Waals surface area contributed by atoms with E-state index in [0.717, 1.165) is 35.4 Å². The maximum absolute atomic E-state index is 4.46. The van der Waals surface area contributed by atoms with Crippen LogP contribution in [0.5, 0.6) is 0 Å². The van der Waals surface area contributed by atoms with E-state index in [1.54, 1.807) is 6.33 Å². The van der Waals surface area contributed by atoms with E-state index in [2.05, 4.69) is 46.1 Å². The molecule has 0 radical (unpaired) electrons. The molecule has 0 spiro atoms. The Morgan fingerprint density at radius 1 is 1.37 bits per heavy atom. The van der Waals surface area contributed by atoms with Gasteiger partial charge in [0.05, 0.1) is 5.69 Å². The lowest BCUT2D eigenvalue weighted by Crippen LogP contribution is -2.28. The highest BCUT2D eigenvalue weighted by molar-refractivity contribution is 7.14. The van der Waals surface area contributed by atoms with Gasteiger partial charge >= 0.3 is 0 Å². The van der Waals surface area contributed by atoms with E-state index < -0.39 is 0 Å². The molecule has 0 amide bonds. The number of hydrogen-bond acceptors (Lipinski definition) is 3. The minimum Gasteiger partial charge on any atom is -0.317 e. The summed E-state index contributed by atoms with van der Waals surface area (Å²) in [5, 5.41) is 1.09. The van der Waals surface area contributed by atoms with E-state index in [1.807, 2.05) is 10.5 Å². The van der Waals surface area contributed by atoms with E-state index >= 15 is 0 Å². The van der Waals surface area contributed by atoms with E-state index in [-0.39, 0.29) is 0 Å². The lowest BCUT2D eigenvalue weighted by molar-refractivity contribution is 0.331. The van der Waals surface area contributed by atoms with Crippen molar-refractivity contribution in [2.45, 2.75) is 12.8 Å². The van der Waals surface area contributed by atoms with Crippen LogP contribution < -0.4 is 0 Å². The van der Waals surface area contributed by atoms with Gasteiger partial charge in [-0.1, -0.05) is 16.0 Å². The Bertz CT molecular complexity index is 622. The van der Waals surface area contributed by atoms with Crippen molar-refractivity contribution in [2.24, 2.45) is 5.92 Å². The fraction of sp³-hybridized carbons (Fsp3) is 0.385. The fourth-order valence-electron chi connectivity index (χ4n) is 2.71. The third-order valence-corrected chi connectivity index (χ3v) is 4.64. The zero-order valence-corrected chi connectivity index (χ0v) is 13.1. The van der Waals surface area contributed by atoms with Gasteiger partial charge in [0.2, 0.25) is 0 Å². The lowest BCUT2D eigenvalue weighted by Gasteiger charge is -2.30. The monoisotopic (exact) mass is 292 g/mol. The zero-order valence-electron chi connectivity index (χ0n) is 10.8. The van der Waals surface area contributed by atoms with E-state index in [9.17, 15) is 0 Å². The molecule has 1 saturated heterocycles. The van der Waals surface area contributed by atoms with Crippen LogP contribution >= 0.6 is 18.8 Å². The van der Waals surface area contributed by atoms with Crippen LogP contribution in [0.4, 0.5) is 0 Å². The van der Waals surface area contributed by atoms with Gasteiger partial charge in [0.15, 0.2) is 0 Å². The van der Waals surface area contributed by atoms with E-state index in [4.69, 9.17) is 0 Å². The van der Waals surface area contributed by atoms with Crippen LogP contribution in [0.1, 0.15) is 18.5 Å². The number of nitrogens with zero attached hydrogens (tertiary/aromatic N) is 4. The summed E-state index contributed by atoms with van der Waals surface area (Å²) in [4.78, 5) is 8.78. The SMILES string of the molecule is C=C(c1ncnc2c1ccn2P)C1CCCN(P)C1. The molecule has 2 aromatic heterocycles. The summed E-state index contributed by atoms with van der Waals surface area (Å²) < 4.78 is 4.23. The van der Waals surface area contributed by atoms with Gasteiger partial charge in [-0.3, -0.25) is 4.67 Å². The minimum atomic E-state index is 0.484. The Morgan fingerprint density at radius 2 is 2.21 bits per heavy atom. The molecule has 3 unspecified atom stereocenters. The molecule has 3 rings (SSSR count). The summed E-state index contributed by atoms with van der Waals surface area (Å²) in [6.45, 7) is 6.49. The van der Waals surface area contributed by atoms with Crippen molar-refractivity contribution >= 4 is 35.4 Å². The fourth-order valence-corrected chi connectivity index (χ4v) is 3.44. The molecule has 3 heterocycles. The first-order chi connectivity index (χ1) is 9.16. The molecule has 19 heavy (non-hydrogen) atoms. The van der Waals surface area contributed by atoms with Crippen molar-refractivity contribution < 1.29 is 0 Å². The third kappa shape index (κ3) is 2.45. The lowest BCUT2D eigenvalue weighted by atomic mass is 9.89. The van der Waals surface area contributed by atoms with Crippen LogP contribution in [0.25, 0.3) is 16.6 Å². The molecule has 0 bridgehead atoms. The van der Waals surface area contributed by atoms with Gasteiger partial charge in [0, 0.05) is 24.7 Å². The van der Waals surface area contributed by atoms with Gasteiger partial charge in [0.25, 0.3) is 0 Å². The molecule has 3 atom stereocenters. The minimum absolute atomic E-state index is 0.484. The summed E-state index contributed by atoms with van der Waals surface area (Å²) in [5.41, 5.74) is 3.07. The van der Waals surface area contributed by atoms with Gasteiger partial charge < -0.3 is 4.34 Å². The van der Waals surface area contributed by atoms with Crippen molar-refractivity contribution in [2.75, 3.05) is 13.1 Å². The molecule has 0 saturated carbocycles. The molecule has 1 aliphatic heterocycles. The first-order valence-electron chi connectivity index (χ1n) is 6.43. The molecule has 1 aliphatic rings. The standard InChI is InChI=1S/C13H18N4P2/c1-9(10-3-2-5-16(18)7-10)12-11-4-6-17(19)13(11)15-8-14-12/h4,6,8,10H,1-3,5,7,18-19H2. The normalized spacial score (nSPS) is 20.8. The molecule has 2 aromatic rings. The van der Waals surface area contributed by atoms with Crippen molar-refractivity contribution in [1.82, 2.24) is 19.0 Å². The molecule has 0 aliphatic carbocycles. The Labute approximate surface area is 117 Å². The Balaban J connectivity index is 1.97. The predicted molar refractivity (Wildman–Crippen MR) is 85.7 cm³/mol. The summed E-state index contributed by atoms with van der Waals surface area (Å²) in [6.07, 6.45) is 6.03. The van der Waals surface area contributed by atoms with Crippen molar-refractivity contribution in [3.05, 3.63) is 30.9 Å². The third-order valence-electron chi connectivity index (χ3n) is 3.76. The summed E-state index contributed by atoms with van der Waals surface area (Å²) >= 11 is 0. The largest absolute Gasteiger partial charge is 0.317 e. The maximum atomic E-state index is 4.46. The average molecular weight is 292 g/mol. The number of aromatic nitrogens is 3. The molecular weight excluding hydrogens is 274 g/mol. The van der Waals surface area contributed by atoms with Crippen LogP contribution in [0.2, 0.25) is 0 Å². The Hall–Kier alpha value is -0.820. The van der Waals surface area contributed by atoms with Gasteiger partial charge in [-0.2, -0.15) is 0 Å². The first-order valence-corrected chi connectivity index (χ1v) is 7.46. The highest BCUT2D eigenvalue weighted by Crippen LogP contribution is 2.33. The highest BCUT2D eigenvalue weighted by atomic mass is 31.0. The van der Waals surface area contributed by atoms with Gasteiger partial charge in [-0.25, -0.2) is 9.97 Å². The molecule has 100 valence electrons. The van der Waals surface area contributed by atoms with Gasteiger partial charge in [0.1, 0.15) is 12.0 Å². The summed E-state index contributed by atoms with van der Waals surface area (Å²) in [7, 11) is 5.44. The van der Waals surface area contributed by atoms with Crippen LogP contribution in [-0.2, 0) is 0 Å². The molecule has 6 heteroatoms. The average Bonchev–Trinajstić information content (AvgIpc) is 2.80. The maximum Gasteiger partial charge on any atom is 0.146 e. The van der Waals surface area contributed by atoms with Crippen molar-refractivity contribution in [3.8, 4) is 0 Å². The first kappa shape index (κ1) is 13.2. The van der Waals surface area contributed by atoms with Crippen LogP contribution in [0.3, 0.4) is 0 Å². The quantitative estimate of drug-likeness (QED) is 0.798. The second kappa shape index (κ2) is 5.28. The van der Waals surface area contributed by atoms with Crippen LogP contribution in [0, 0.1) is 5.92 Å². The number of hydrogen-bond donors (Lipinski definition) is 0. The van der Waals surface area contributed by atoms with E-state index in [0.29, 0.717) is 5.92 Å². The van der Waals surface area contributed by atoms with Crippen LogP contribution in [-0.4, -0.2) is 32.1 Å². The molecule has 0 aromatic carbocycles. The summed E-state index contributed by atoms with van der Waals surface area (Å²) in [5.74, 6) is 0.484. The van der Waals surface area contributed by atoms with Crippen molar-refractivity contribution in [1.29, 1.82) is 0 Å². The number of piperidine rings is 1.